The maximum Gasteiger partial charge on any atom is 0.227 e. The summed E-state index contributed by atoms with van der Waals surface area (Å²) < 4.78 is 0. The van der Waals surface area contributed by atoms with Crippen molar-refractivity contribution in [1.82, 2.24) is 4.90 Å². The number of para-hydroxylation sites is 1. The van der Waals surface area contributed by atoms with Crippen LogP contribution in [-0.2, 0) is 17.8 Å². The molecular formula is C17H26N2O2. The van der Waals surface area contributed by atoms with E-state index in [4.69, 9.17) is 0 Å². The first kappa shape index (κ1) is 15.8. The third-order valence-electron chi connectivity index (χ3n) is 4.05. The number of carbonyl (C=O) groups excluding carboxylic acids is 1. The molecule has 1 unspecified atom stereocenters. The van der Waals surface area contributed by atoms with Gasteiger partial charge in [0.1, 0.15) is 0 Å². The summed E-state index contributed by atoms with van der Waals surface area (Å²) in [6, 6.07) is 5.92. The van der Waals surface area contributed by atoms with Crippen molar-refractivity contribution in [2.45, 2.75) is 39.7 Å². The SMILES string of the molecule is CCCN(CCC)C(=O)C1CNc2c(CO)cccc2C1. The fourth-order valence-corrected chi connectivity index (χ4v) is 3.05. The zero-order chi connectivity index (χ0) is 15.2. The van der Waals surface area contributed by atoms with Crippen molar-refractivity contribution in [3.05, 3.63) is 29.3 Å². The second-order valence-corrected chi connectivity index (χ2v) is 5.72. The van der Waals surface area contributed by atoms with E-state index in [1.807, 2.05) is 23.1 Å². The van der Waals surface area contributed by atoms with E-state index in [-0.39, 0.29) is 18.4 Å². The van der Waals surface area contributed by atoms with Crippen LogP contribution in [0.25, 0.3) is 0 Å². The molecule has 0 aromatic heterocycles. The molecule has 1 aromatic rings. The topological polar surface area (TPSA) is 52.6 Å². The van der Waals surface area contributed by atoms with Crippen LogP contribution in [-0.4, -0.2) is 35.5 Å². The lowest BCUT2D eigenvalue weighted by molar-refractivity contribution is -0.135. The van der Waals surface area contributed by atoms with Crippen LogP contribution in [0, 0.1) is 5.92 Å². The van der Waals surface area contributed by atoms with Crippen molar-refractivity contribution in [3.63, 3.8) is 0 Å². The van der Waals surface area contributed by atoms with Crippen LogP contribution in [0.5, 0.6) is 0 Å². The summed E-state index contributed by atoms with van der Waals surface area (Å²) in [4.78, 5) is 14.7. The molecule has 21 heavy (non-hydrogen) atoms. The van der Waals surface area contributed by atoms with Crippen LogP contribution < -0.4 is 5.32 Å². The lowest BCUT2D eigenvalue weighted by atomic mass is 9.91. The summed E-state index contributed by atoms with van der Waals surface area (Å²) in [6.45, 7) is 6.59. The molecule has 1 aromatic carbocycles. The van der Waals surface area contributed by atoms with Gasteiger partial charge in [-0.05, 0) is 24.8 Å². The number of nitrogens with one attached hydrogen (secondary N) is 1. The summed E-state index contributed by atoms with van der Waals surface area (Å²) >= 11 is 0. The van der Waals surface area contributed by atoms with Crippen LogP contribution in [0.4, 0.5) is 5.69 Å². The van der Waals surface area contributed by atoms with Crippen molar-refractivity contribution < 1.29 is 9.90 Å². The minimum absolute atomic E-state index is 0.00421. The van der Waals surface area contributed by atoms with E-state index >= 15 is 0 Å². The second kappa shape index (κ2) is 7.46. The monoisotopic (exact) mass is 290 g/mol. The minimum Gasteiger partial charge on any atom is -0.392 e. The van der Waals surface area contributed by atoms with Crippen LogP contribution in [0.3, 0.4) is 0 Å². The Morgan fingerprint density at radius 1 is 1.33 bits per heavy atom. The van der Waals surface area contributed by atoms with Crippen molar-refractivity contribution in [1.29, 1.82) is 0 Å². The highest BCUT2D eigenvalue weighted by atomic mass is 16.3. The molecule has 4 nitrogen and oxygen atoms in total. The fraction of sp³-hybridized carbons (Fsp3) is 0.588. The van der Waals surface area contributed by atoms with Gasteiger partial charge in [-0.15, -0.1) is 0 Å². The molecule has 1 atom stereocenters. The summed E-state index contributed by atoms with van der Waals surface area (Å²) in [7, 11) is 0. The van der Waals surface area contributed by atoms with Gasteiger partial charge < -0.3 is 15.3 Å². The first-order chi connectivity index (χ1) is 10.2. The average Bonchev–Trinajstić information content (AvgIpc) is 2.52. The van der Waals surface area contributed by atoms with Gasteiger partial charge in [-0.2, -0.15) is 0 Å². The van der Waals surface area contributed by atoms with E-state index in [1.165, 1.54) is 0 Å². The Balaban J connectivity index is 2.11. The Hall–Kier alpha value is -1.55. The highest BCUT2D eigenvalue weighted by molar-refractivity contribution is 5.81. The lowest BCUT2D eigenvalue weighted by Crippen LogP contribution is -2.42. The van der Waals surface area contributed by atoms with Crippen LogP contribution >= 0.6 is 0 Å². The van der Waals surface area contributed by atoms with E-state index in [0.29, 0.717) is 6.54 Å². The molecule has 0 saturated heterocycles. The fourth-order valence-electron chi connectivity index (χ4n) is 3.05. The number of benzene rings is 1. The van der Waals surface area contributed by atoms with Gasteiger partial charge in [-0.3, -0.25) is 4.79 Å². The minimum atomic E-state index is 0.00421. The Labute approximate surface area is 127 Å². The Morgan fingerprint density at radius 3 is 2.67 bits per heavy atom. The first-order valence-electron chi connectivity index (χ1n) is 7.95. The molecule has 116 valence electrons. The number of nitrogens with zero attached hydrogens (tertiary/aromatic N) is 1. The molecule has 2 rings (SSSR count). The molecule has 1 amide bonds. The van der Waals surface area contributed by atoms with Gasteiger partial charge in [0.15, 0.2) is 0 Å². The van der Waals surface area contributed by atoms with Gasteiger partial charge in [0, 0.05) is 30.9 Å². The molecule has 1 heterocycles. The number of hydrogen-bond donors (Lipinski definition) is 2. The maximum absolute atomic E-state index is 12.7. The molecule has 2 N–H and O–H groups in total. The summed E-state index contributed by atoms with van der Waals surface area (Å²) in [5, 5.41) is 12.7. The highest BCUT2D eigenvalue weighted by Crippen LogP contribution is 2.29. The van der Waals surface area contributed by atoms with Crippen molar-refractivity contribution in [3.8, 4) is 0 Å². The van der Waals surface area contributed by atoms with E-state index in [2.05, 4.69) is 19.2 Å². The second-order valence-electron chi connectivity index (χ2n) is 5.72. The van der Waals surface area contributed by atoms with Crippen LogP contribution in [0.2, 0.25) is 0 Å². The number of aliphatic hydroxyl groups excluding tert-OH is 1. The Morgan fingerprint density at radius 2 is 2.05 bits per heavy atom. The highest BCUT2D eigenvalue weighted by Gasteiger charge is 2.28. The van der Waals surface area contributed by atoms with Gasteiger partial charge in [0.25, 0.3) is 0 Å². The number of amides is 1. The standard InChI is InChI=1S/C17H26N2O2/c1-3-8-19(9-4-2)17(21)15-10-13-6-5-7-14(12-20)16(13)18-11-15/h5-7,15,18,20H,3-4,8-12H2,1-2H3. The third-order valence-corrected chi connectivity index (χ3v) is 4.05. The number of rotatable bonds is 6. The largest absolute Gasteiger partial charge is 0.392 e. The van der Waals surface area contributed by atoms with Crippen molar-refractivity contribution >= 4 is 11.6 Å². The Bertz CT molecular complexity index is 482. The number of carbonyl (C=O) groups is 1. The van der Waals surface area contributed by atoms with Crippen molar-refractivity contribution in [2.24, 2.45) is 5.92 Å². The quantitative estimate of drug-likeness (QED) is 0.846. The molecule has 4 heteroatoms. The Kier molecular flexibility index (Phi) is 5.62. The van der Waals surface area contributed by atoms with E-state index < -0.39 is 0 Å². The zero-order valence-corrected chi connectivity index (χ0v) is 13.1. The predicted octanol–water partition coefficient (Wildman–Crippen LogP) is 2.41. The number of anilines is 1. The smallest absolute Gasteiger partial charge is 0.227 e. The molecule has 0 spiro atoms. The summed E-state index contributed by atoms with van der Waals surface area (Å²) in [5.74, 6) is 0.260. The number of hydrogen-bond acceptors (Lipinski definition) is 3. The third kappa shape index (κ3) is 3.56. The van der Waals surface area contributed by atoms with Gasteiger partial charge in [0.05, 0.1) is 12.5 Å². The van der Waals surface area contributed by atoms with Crippen LogP contribution in [0.1, 0.15) is 37.8 Å². The molecule has 0 radical (unpaired) electrons. The number of fused-ring (bicyclic) bond motifs is 1. The predicted molar refractivity (Wildman–Crippen MR) is 85.2 cm³/mol. The normalized spacial score (nSPS) is 17.0. The van der Waals surface area contributed by atoms with Crippen LogP contribution in [0.15, 0.2) is 18.2 Å². The first-order valence-corrected chi connectivity index (χ1v) is 7.95. The average molecular weight is 290 g/mol. The molecule has 1 aliphatic heterocycles. The van der Waals surface area contributed by atoms with Gasteiger partial charge >= 0.3 is 0 Å². The van der Waals surface area contributed by atoms with Gasteiger partial charge in [0.2, 0.25) is 5.91 Å². The molecule has 0 bridgehead atoms. The zero-order valence-electron chi connectivity index (χ0n) is 13.1. The van der Waals surface area contributed by atoms with Gasteiger partial charge in [-0.25, -0.2) is 0 Å². The molecule has 0 aliphatic carbocycles. The molecular weight excluding hydrogens is 264 g/mol. The van der Waals surface area contributed by atoms with Gasteiger partial charge in [-0.1, -0.05) is 32.0 Å². The molecule has 0 saturated carbocycles. The number of aliphatic hydroxyl groups is 1. The van der Waals surface area contributed by atoms with Crippen molar-refractivity contribution in [2.75, 3.05) is 25.0 Å². The summed E-state index contributed by atoms with van der Waals surface area (Å²) in [5.41, 5.74) is 3.07. The van der Waals surface area contributed by atoms with E-state index in [1.54, 1.807) is 0 Å². The lowest BCUT2D eigenvalue weighted by Gasteiger charge is -2.31. The molecule has 0 fully saturated rings. The van der Waals surface area contributed by atoms with E-state index in [0.717, 1.165) is 49.2 Å². The van der Waals surface area contributed by atoms with E-state index in [9.17, 15) is 9.90 Å². The summed E-state index contributed by atoms with van der Waals surface area (Å²) in [6.07, 6.45) is 2.76. The molecule has 1 aliphatic rings. The maximum atomic E-state index is 12.7.